The van der Waals surface area contributed by atoms with Gasteiger partial charge in [-0.1, -0.05) is 11.6 Å². The van der Waals surface area contributed by atoms with Gasteiger partial charge >= 0.3 is 0 Å². The fraction of sp³-hybridized carbons (Fsp3) is 0. The zero-order valence-corrected chi connectivity index (χ0v) is 11.2. The van der Waals surface area contributed by atoms with Gasteiger partial charge in [0.15, 0.2) is 5.75 Å². The van der Waals surface area contributed by atoms with Crippen LogP contribution in [-0.2, 0) is 0 Å². The zero-order chi connectivity index (χ0) is 13.1. The first-order valence-corrected chi connectivity index (χ1v) is 5.96. The lowest BCUT2D eigenvalue weighted by Crippen LogP contribution is -1.91. The Balaban J connectivity index is 2.37. The molecule has 0 N–H and O–H groups in total. The predicted molar refractivity (Wildman–Crippen MR) is 70.1 cm³/mol. The van der Waals surface area contributed by atoms with Crippen molar-refractivity contribution in [2.45, 2.75) is 0 Å². The highest BCUT2D eigenvalue weighted by Crippen LogP contribution is 2.35. The number of nitrogens with zero attached hydrogens (tertiary/aromatic N) is 2. The van der Waals surface area contributed by atoms with E-state index in [4.69, 9.17) is 16.3 Å². The summed E-state index contributed by atoms with van der Waals surface area (Å²) >= 11 is 9.19. The minimum atomic E-state index is -0.509. The summed E-state index contributed by atoms with van der Waals surface area (Å²) in [5, 5.41) is 11.0. The smallest absolute Gasteiger partial charge is 0.273 e. The standard InChI is InChI=1S/C11H6BrClN2O3/c12-8-6-14-4-3-10(8)18-11-5-7(15(16)17)1-2-9(11)13/h1-6H. The summed E-state index contributed by atoms with van der Waals surface area (Å²) in [7, 11) is 0. The maximum absolute atomic E-state index is 10.7. The lowest BCUT2D eigenvalue weighted by molar-refractivity contribution is -0.384. The summed E-state index contributed by atoms with van der Waals surface area (Å²) < 4.78 is 6.14. The molecule has 5 nitrogen and oxygen atoms in total. The third-order valence-corrected chi connectivity index (χ3v) is 2.99. The number of hydrogen-bond donors (Lipinski definition) is 0. The Morgan fingerprint density at radius 2 is 2.11 bits per heavy atom. The number of aromatic nitrogens is 1. The molecule has 0 atom stereocenters. The van der Waals surface area contributed by atoms with Crippen LogP contribution in [0.15, 0.2) is 41.1 Å². The van der Waals surface area contributed by atoms with E-state index in [1.54, 1.807) is 18.5 Å². The van der Waals surface area contributed by atoms with Gasteiger partial charge in [0, 0.05) is 24.5 Å². The molecule has 0 aliphatic rings. The Labute approximate surface area is 116 Å². The molecule has 0 radical (unpaired) electrons. The Bertz CT molecular complexity index is 607. The topological polar surface area (TPSA) is 65.3 Å². The van der Waals surface area contributed by atoms with Crippen LogP contribution in [0.25, 0.3) is 0 Å². The van der Waals surface area contributed by atoms with Gasteiger partial charge in [-0.3, -0.25) is 15.1 Å². The van der Waals surface area contributed by atoms with Gasteiger partial charge in [0.25, 0.3) is 5.69 Å². The lowest BCUT2D eigenvalue weighted by atomic mass is 10.3. The average Bonchev–Trinajstić information content (AvgIpc) is 2.34. The quantitative estimate of drug-likeness (QED) is 0.625. The first-order chi connectivity index (χ1) is 8.58. The van der Waals surface area contributed by atoms with Crippen molar-refractivity contribution in [1.29, 1.82) is 0 Å². The second-order valence-electron chi connectivity index (χ2n) is 3.28. The minimum absolute atomic E-state index is 0.0837. The molecule has 0 bridgehead atoms. The van der Waals surface area contributed by atoms with Gasteiger partial charge in [0.2, 0.25) is 0 Å². The largest absolute Gasteiger partial charge is 0.454 e. The van der Waals surface area contributed by atoms with Gasteiger partial charge in [-0.2, -0.15) is 0 Å². The van der Waals surface area contributed by atoms with Crippen molar-refractivity contribution >= 4 is 33.2 Å². The van der Waals surface area contributed by atoms with Gasteiger partial charge < -0.3 is 4.74 Å². The monoisotopic (exact) mass is 328 g/mol. The normalized spacial score (nSPS) is 10.1. The summed E-state index contributed by atoms with van der Waals surface area (Å²) in [5.41, 5.74) is -0.0837. The molecule has 2 aromatic rings. The van der Waals surface area contributed by atoms with Crippen molar-refractivity contribution in [3.8, 4) is 11.5 Å². The van der Waals surface area contributed by atoms with E-state index in [0.717, 1.165) is 0 Å². The number of halogens is 2. The van der Waals surface area contributed by atoms with Crippen LogP contribution in [0.4, 0.5) is 5.69 Å². The number of ether oxygens (including phenoxy) is 1. The summed E-state index contributed by atoms with van der Waals surface area (Å²) in [5.74, 6) is 0.699. The van der Waals surface area contributed by atoms with Gasteiger partial charge in [0.05, 0.1) is 20.5 Å². The Kier molecular flexibility index (Phi) is 3.78. The maximum Gasteiger partial charge on any atom is 0.273 e. The van der Waals surface area contributed by atoms with E-state index in [1.165, 1.54) is 18.2 Å². The van der Waals surface area contributed by atoms with E-state index in [9.17, 15) is 10.1 Å². The molecule has 0 saturated heterocycles. The Hall–Kier alpha value is -1.66. The molecule has 0 saturated carbocycles. The molecule has 92 valence electrons. The summed E-state index contributed by atoms with van der Waals surface area (Å²) in [6.07, 6.45) is 3.10. The van der Waals surface area contributed by atoms with Crippen LogP contribution in [0.2, 0.25) is 5.02 Å². The second kappa shape index (κ2) is 5.32. The molecular formula is C11H6BrClN2O3. The summed E-state index contributed by atoms with van der Waals surface area (Å²) in [4.78, 5) is 14.0. The summed E-state index contributed by atoms with van der Waals surface area (Å²) in [6, 6.07) is 5.63. The van der Waals surface area contributed by atoms with Crippen molar-refractivity contribution in [3.63, 3.8) is 0 Å². The highest BCUT2D eigenvalue weighted by Gasteiger charge is 2.12. The average molecular weight is 330 g/mol. The predicted octanol–water partition coefficient (Wildman–Crippen LogP) is 4.20. The SMILES string of the molecule is O=[N+]([O-])c1ccc(Cl)c(Oc2ccncc2Br)c1. The molecule has 1 aromatic heterocycles. The fourth-order valence-electron chi connectivity index (χ4n) is 1.25. The number of nitro groups is 1. The molecule has 0 amide bonds. The molecule has 1 heterocycles. The molecule has 18 heavy (non-hydrogen) atoms. The van der Waals surface area contributed by atoms with Crippen LogP contribution in [0, 0.1) is 10.1 Å². The third kappa shape index (κ3) is 2.77. The van der Waals surface area contributed by atoms with E-state index >= 15 is 0 Å². The first kappa shape index (κ1) is 12.8. The second-order valence-corrected chi connectivity index (χ2v) is 4.54. The number of rotatable bonds is 3. The van der Waals surface area contributed by atoms with Crippen LogP contribution in [0.1, 0.15) is 0 Å². The number of nitro benzene ring substituents is 1. The van der Waals surface area contributed by atoms with Crippen molar-refractivity contribution in [1.82, 2.24) is 4.98 Å². The Morgan fingerprint density at radius 3 is 2.78 bits per heavy atom. The van der Waals surface area contributed by atoms with Crippen LogP contribution >= 0.6 is 27.5 Å². The molecule has 0 unspecified atom stereocenters. The van der Waals surface area contributed by atoms with Crippen molar-refractivity contribution in [2.75, 3.05) is 0 Å². The van der Waals surface area contributed by atoms with Crippen molar-refractivity contribution in [2.24, 2.45) is 0 Å². The van der Waals surface area contributed by atoms with E-state index in [1.807, 2.05) is 0 Å². The minimum Gasteiger partial charge on any atom is -0.454 e. The number of hydrogen-bond acceptors (Lipinski definition) is 4. The Morgan fingerprint density at radius 1 is 1.33 bits per heavy atom. The first-order valence-electron chi connectivity index (χ1n) is 4.79. The summed E-state index contributed by atoms with van der Waals surface area (Å²) in [6.45, 7) is 0. The fourth-order valence-corrected chi connectivity index (χ4v) is 1.73. The van der Waals surface area contributed by atoms with Gasteiger partial charge in [-0.15, -0.1) is 0 Å². The molecular weight excluding hydrogens is 323 g/mol. The number of benzene rings is 1. The number of pyridine rings is 1. The molecule has 0 aliphatic heterocycles. The number of non-ortho nitro benzene ring substituents is 1. The van der Waals surface area contributed by atoms with E-state index < -0.39 is 4.92 Å². The van der Waals surface area contributed by atoms with Crippen molar-refractivity contribution < 1.29 is 9.66 Å². The highest BCUT2D eigenvalue weighted by molar-refractivity contribution is 9.10. The molecule has 1 aromatic carbocycles. The molecule has 0 aliphatic carbocycles. The van der Waals surface area contributed by atoms with Gasteiger partial charge in [0.1, 0.15) is 5.75 Å². The van der Waals surface area contributed by atoms with E-state index in [0.29, 0.717) is 15.2 Å². The van der Waals surface area contributed by atoms with Crippen LogP contribution in [-0.4, -0.2) is 9.91 Å². The molecule has 0 fully saturated rings. The lowest BCUT2D eigenvalue weighted by Gasteiger charge is -2.08. The van der Waals surface area contributed by atoms with Crippen LogP contribution in [0.5, 0.6) is 11.5 Å². The van der Waals surface area contributed by atoms with Gasteiger partial charge in [-0.25, -0.2) is 0 Å². The van der Waals surface area contributed by atoms with Crippen LogP contribution < -0.4 is 4.74 Å². The van der Waals surface area contributed by atoms with Crippen molar-refractivity contribution in [3.05, 3.63) is 56.3 Å². The van der Waals surface area contributed by atoms with E-state index in [-0.39, 0.29) is 11.4 Å². The molecule has 7 heteroatoms. The molecule has 0 spiro atoms. The highest BCUT2D eigenvalue weighted by atomic mass is 79.9. The molecule has 2 rings (SSSR count). The third-order valence-electron chi connectivity index (χ3n) is 2.08. The maximum atomic E-state index is 10.7. The van der Waals surface area contributed by atoms with E-state index in [2.05, 4.69) is 20.9 Å². The van der Waals surface area contributed by atoms with Crippen LogP contribution in [0.3, 0.4) is 0 Å². The zero-order valence-electron chi connectivity index (χ0n) is 8.84. The van der Waals surface area contributed by atoms with Gasteiger partial charge in [-0.05, 0) is 22.0 Å².